The highest BCUT2D eigenvalue weighted by Gasteiger charge is 2.45. The first kappa shape index (κ1) is 21.9. The second-order valence-electron chi connectivity index (χ2n) is 8.73. The van der Waals surface area contributed by atoms with Gasteiger partial charge in [-0.1, -0.05) is 42.5 Å². The van der Waals surface area contributed by atoms with Gasteiger partial charge in [-0.15, -0.1) is 0 Å². The molecular formula is C28H24FNO4. The Morgan fingerprint density at radius 2 is 1.79 bits per heavy atom. The van der Waals surface area contributed by atoms with E-state index in [4.69, 9.17) is 4.74 Å². The van der Waals surface area contributed by atoms with Gasteiger partial charge in [-0.2, -0.15) is 0 Å². The molecule has 0 saturated carbocycles. The fourth-order valence-electron chi connectivity index (χ4n) is 4.72. The van der Waals surface area contributed by atoms with Gasteiger partial charge in [-0.25, -0.2) is 4.39 Å². The molecule has 34 heavy (non-hydrogen) atoms. The molecule has 2 unspecified atom stereocenters. The zero-order valence-electron chi connectivity index (χ0n) is 18.7. The maximum Gasteiger partial charge on any atom is 0.295 e. The number of benzene rings is 3. The summed E-state index contributed by atoms with van der Waals surface area (Å²) in [6.45, 7) is 2.25. The monoisotopic (exact) mass is 457 g/mol. The van der Waals surface area contributed by atoms with Crippen LogP contribution in [0, 0.1) is 5.82 Å². The Morgan fingerprint density at radius 3 is 2.53 bits per heavy atom. The van der Waals surface area contributed by atoms with Gasteiger partial charge in [0.15, 0.2) is 0 Å². The average Bonchev–Trinajstić information content (AvgIpc) is 3.34. The van der Waals surface area contributed by atoms with Crippen LogP contribution in [0.15, 0.2) is 78.4 Å². The number of aliphatic hydroxyl groups excluding tert-OH is 1. The number of hydrogen-bond acceptors (Lipinski definition) is 4. The van der Waals surface area contributed by atoms with Crippen LogP contribution >= 0.6 is 0 Å². The van der Waals surface area contributed by atoms with E-state index in [0.717, 1.165) is 16.9 Å². The highest BCUT2D eigenvalue weighted by atomic mass is 19.1. The predicted octanol–water partition coefficient (Wildman–Crippen LogP) is 4.81. The molecule has 172 valence electrons. The third-order valence-corrected chi connectivity index (χ3v) is 6.38. The Bertz CT molecular complexity index is 1280. The van der Waals surface area contributed by atoms with Crippen molar-refractivity contribution in [3.63, 3.8) is 0 Å². The molecule has 1 fully saturated rings. The first-order chi connectivity index (χ1) is 16.4. The number of Topliss-reactive ketones (excluding diaryl/α,β-unsaturated/α-hetero) is 1. The fourth-order valence-corrected chi connectivity index (χ4v) is 4.72. The molecule has 0 spiro atoms. The molecule has 3 aromatic rings. The van der Waals surface area contributed by atoms with Crippen LogP contribution in [0.5, 0.6) is 5.75 Å². The van der Waals surface area contributed by atoms with E-state index in [1.807, 2.05) is 37.3 Å². The van der Waals surface area contributed by atoms with E-state index >= 15 is 0 Å². The quantitative estimate of drug-likeness (QED) is 0.339. The average molecular weight is 458 g/mol. The van der Waals surface area contributed by atoms with Crippen molar-refractivity contribution in [2.45, 2.75) is 31.9 Å². The molecule has 3 aromatic carbocycles. The van der Waals surface area contributed by atoms with E-state index in [1.54, 1.807) is 30.3 Å². The number of ketones is 1. The number of halogens is 1. The van der Waals surface area contributed by atoms with E-state index in [-0.39, 0.29) is 24.0 Å². The first-order valence-corrected chi connectivity index (χ1v) is 11.3. The van der Waals surface area contributed by atoms with Gasteiger partial charge < -0.3 is 14.7 Å². The van der Waals surface area contributed by atoms with Gasteiger partial charge in [-0.05, 0) is 60.4 Å². The maximum atomic E-state index is 13.7. The highest BCUT2D eigenvalue weighted by Crippen LogP contribution is 2.40. The van der Waals surface area contributed by atoms with Gasteiger partial charge in [0.05, 0.1) is 11.6 Å². The molecule has 1 N–H and O–H groups in total. The van der Waals surface area contributed by atoms with Gasteiger partial charge in [0.25, 0.3) is 11.7 Å². The summed E-state index contributed by atoms with van der Waals surface area (Å²) in [5.74, 6) is -1.33. The number of nitrogens with zero attached hydrogens (tertiary/aromatic N) is 1. The molecule has 1 saturated heterocycles. The fraction of sp³-hybridized carbons (Fsp3) is 0.214. The molecule has 5 nitrogen and oxygen atoms in total. The Hall–Kier alpha value is -3.93. The van der Waals surface area contributed by atoms with Crippen molar-refractivity contribution in [1.82, 2.24) is 4.90 Å². The van der Waals surface area contributed by atoms with E-state index in [9.17, 15) is 19.1 Å². The van der Waals surface area contributed by atoms with Crippen LogP contribution in [0.2, 0.25) is 0 Å². The summed E-state index contributed by atoms with van der Waals surface area (Å²) < 4.78 is 19.4. The summed E-state index contributed by atoms with van der Waals surface area (Å²) in [6, 6.07) is 19.8. The number of rotatable bonds is 5. The lowest BCUT2D eigenvalue weighted by Gasteiger charge is -2.25. The number of amides is 1. The molecule has 0 aliphatic carbocycles. The number of carbonyl (C=O) groups excluding carboxylic acids is 2. The predicted molar refractivity (Wildman–Crippen MR) is 126 cm³/mol. The van der Waals surface area contributed by atoms with E-state index in [2.05, 4.69) is 0 Å². The first-order valence-electron chi connectivity index (χ1n) is 11.3. The molecule has 2 aliphatic heterocycles. The number of aliphatic hydroxyl groups is 1. The lowest BCUT2D eigenvalue weighted by atomic mass is 9.94. The van der Waals surface area contributed by atoms with Crippen LogP contribution in [-0.4, -0.2) is 34.3 Å². The van der Waals surface area contributed by atoms with Gasteiger partial charge in [0.1, 0.15) is 23.4 Å². The Balaban J connectivity index is 1.57. The molecule has 5 rings (SSSR count). The van der Waals surface area contributed by atoms with Crippen molar-refractivity contribution in [2.75, 3.05) is 6.54 Å². The van der Waals surface area contributed by atoms with E-state index < -0.39 is 23.5 Å². The van der Waals surface area contributed by atoms with E-state index in [1.165, 1.54) is 17.0 Å². The lowest BCUT2D eigenvalue weighted by Crippen LogP contribution is -2.31. The summed E-state index contributed by atoms with van der Waals surface area (Å²) in [6.07, 6.45) is 1.28. The van der Waals surface area contributed by atoms with Gasteiger partial charge in [0.2, 0.25) is 0 Å². The zero-order valence-corrected chi connectivity index (χ0v) is 18.7. The van der Waals surface area contributed by atoms with Crippen molar-refractivity contribution < 1.29 is 23.8 Å². The highest BCUT2D eigenvalue weighted by molar-refractivity contribution is 6.46. The van der Waals surface area contributed by atoms with Crippen molar-refractivity contribution in [3.05, 3.63) is 106 Å². The Labute approximate surface area is 197 Å². The molecule has 2 aliphatic rings. The second kappa shape index (κ2) is 8.78. The SMILES string of the molecule is CC1Cc2cc(/C(O)=C3/C(=O)C(=O)N(CCc4ccccc4)C3c3ccc(F)cc3)ccc2O1. The summed E-state index contributed by atoms with van der Waals surface area (Å²) in [4.78, 5) is 27.7. The molecule has 0 bridgehead atoms. The van der Waals surface area contributed by atoms with Crippen LogP contribution in [0.25, 0.3) is 5.76 Å². The van der Waals surface area contributed by atoms with Crippen LogP contribution < -0.4 is 4.74 Å². The van der Waals surface area contributed by atoms with Crippen LogP contribution in [0.3, 0.4) is 0 Å². The minimum Gasteiger partial charge on any atom is -0.507 e. The van der Waals surface area contributed by atoms with Crippen molar-refractivity contribution in [2.24, 2.45) is 0 Å². The molecule has 2 heterocycles. The largest absolute Gasteiger partial charge is 0.507 e. The third-order valence-electron chi connectivity index (χ3n) is 6.38. The van der Waals surface area contributed by atoms with Crippen molar-refractivity contribution in [1.29, 1.82) is 0 Å². The van der Waals surface area contributed by atoms with Gasteiger partial charge >= 0.3 is 0 Å². The summed E-state index contributed by atoms with van der Waals surface area (Å²) in [7, 11) is 0. The number of likely N-dealkylation sites (tertiary alicyclic amines) is 1. The van der Waals surface area contributed by atoms with Crippen LogP contribution in [0.4, 0.5) is 4.39 Å². The molecule has 6 heteroatoms. The number of hydrogen-bond donors (Lipinski definition) is 1. The lowest BCUT2D eigenvalue weighted by molar-refractivity contribution is -0.139. The van der Waals surface area contributed by atoms with Crippen LogP contribution in [0.1, 0.15) is 35.2 Å². The summed E-state index contributed by atoms with van der Waals surface area (Å²) in [5, 5.41) is 11.3. The standard InChI is InChI=1S/C28H24FNO4/c1-17-15-21-16-20(9-12-23(21)34-17)26(31)24-25(19-7-10-22(29)11-8-19)30(28(33)27(24)32)14-13-18-5-3-2-4-6-18/h2-12,16-17,25,31H,13-15H2,1H3/b26-24-. The third kappa shape index (κ3) is 3.96. The molecule has 0 radical (unpaired) electrons. The molecule has 1 amide bonds. The van der Waals surface area contributed by atoms with Crippen LogP contribution in [-0.2, 0) is 22.4 Å². The minimum atomic E-state index is -0.812. The Morgan fingerprint density at radius 1 is 1.06 bits per heavy atom. The zero-order chi connectivity index (χ0) is 23.8. The summed E-state index contributed by atoms with van der Waals surface area (Å²) in [5.41, 5.74) is 2.98. The van der Waals surface area contributed by atoms with Gasteiger partial charge in [-0.3, -0.25) is 9.59 Å². The molecular weight excluding hydrogens is 433 g/mol. The Kier molecular flexibility index (Phi) is 5.65. The normalized spacial score (nSPS) is 20.9. The van der Waals surface area contributed by atoms with E-state index in [0.29, 0.717) is 24.0 Å². The number of fused-ring (bicyclic) bond motifs is 1. The minimum absolute atomic E-state index is 0.0107. The smallest absolute Gasteiger partial charge is 0.295 e. The number of carbonyl (C=O) groups is 2. The molecule has 2 atom stereocenters. The maximum absolute atomic E-state index is 13.7. The summed E-state index contributed by atoms with van der Waals surface area (Å²) >= 11 is 0. The topological polar surface area (TPSA) is 66.8 Å². The molecule has 0 aromatic heterocycles. The second-order valence-corrected chi connectivity index (χ2v) is 8.73. The van der Waals surface area contributed by atoms with Gasteiger partial charge in [0, 0.05) is 18.5 Å². The van der Waals surface area contributed by atoms with Crippen molar-refractivity contribution >= 4 is 17.4 Å². The van der Waals surface area contributed by atoms with Crippen molar-refractivity contribution in [3.8, 4) is 5.75 Å². The number of ether oxygens (including phenoxy) is 1.